The molecule has 7 atom stereocenters. The molecule has 0 aromatic heterocycles. The van der Waals surface area contributed by atoms with E-state index in [-0.39, 0.29) is 23.8 Å². The first-order valence-corrected chi connectivity index (χ1v) is 6.65. The molecule has 0 aromatic carbocycles. The molecule has 17 heavy (non-hydrogen) atoms. The van der Waals surface area contributed by atoms with Crippen LogP contribution in [0.5, 0.6) is 0 Å². The summed E-state index contributed by atoms with van der Waals surface area (Å²) in [6.07, 6.45) is 5.05. The van der Waals surface area contributed by atoms with E-state index < -0.39 is 0 Å². The molecule has 7 unspecified atom stereocenters. The summed E-state index contributed by atoms with van der Waals surface area (Å²) < 4.78 is 11.8. The molecule has 0 radical (unpaired) electrons. The average molecular weight is 234 g/mol. The molecule has 4 aliphatic rings. The summed E-state index contributed by atoms with van der Waals surface area (Å²) in [6.45, 7) is 5.73. The lowest BCUT2D eigenvalue weighted by molar-refractivity contribution is -0.157. The smallest absolute Gasteiger partial charge is 0.330 e. The standard InChI is InChI=1S/C14H18O3/c1-3-10(15)16-12-8-6-9-11-7(8)4-5-14(11,2)17-13(9)12/h3,7-9,11-13H,1,4-6H2,2H3. The van der Waals surface area contributed by atoms with Crippen LogP contribution in [0.25, 0.3) is 0 Å². The van der Waals surface area contributed by atoms with Crippen LogP contribution < -0.4 is 0 Å². The molecule has 3 aliphatic carbocycles. The molecule has 0 aromatic rings. The largest absolute Gasteiger partial charge is 0.456 e. The molecule has 0 spiro atoms. The second kappa shape index (κ2) is 2.94. The van der Waals surface area contributed by atoms with Gasteiger partial charge in [-0.3, -0.25) is 0 Å². The van der Waals surface area contributed by atoms with Crippen LogP contribution >= 0.6 is 0 Å². The second-order valence-electron chi connectivity index (χ2n) is 6.29. The number of rotatable bonds is 2. The summed E-state index contributed by atoms with van der Waals surface area (Å²) in [7, 11) is 0. The maximum atomic E-state index is 11.4. The van der Waals surface area contributed by atoms with Crippen molar-refractivity contribution in [2.75, 3.05) is 0 Å². The van der Waals surface area contributed by atoms with Crippen LogP contribution in [0.4, 0.5) is 0 Å². The van der Waals surface area contributed by atoms with Crippen LogP contribution in [0.3, 0.4) is 0 Å². The van der Waals surface area contributed by atoms with E-state index in [1.807, 2.05) is 0 Å². The maximum absolute atomic E-state index is 11.4. The highest BCUT2D eigenvalue weighted by Crippen LogP contribution is 2.69. The maximum Gasteiger partial charge on any atom is 0.330 e. The molecule has 0 amide bonds. The van der Waals surface area contributed by atoms with Crippen LogP contribution in [0.1, 0.15) is 26.2 Å². The van der Waals surface area contributed by atoms with Crippen molar-refractivity contribution in [1.29, 1.82) is 0 Å². The van der Waals surface area contributed by atoms with E-state index in [1.54, 1.807) is 0 Å². The molecule has 3 nitrogen and oxygen atoms in total. The predicted octanol–water partition coefficient (Wildman–Crippen LogP) is 1.92. The molecule has 92 valence electrons. The molecule has 1 aliphatic heterocycles. The Morgan fingerprint density at radius 3 is 3.06 bits per heavy atom. The zero-order valence-corrected chi connectivity index (χ0v) is 10.1. The van der Waals surface area contributed by atoms with Gasteiger partial charge in [-0.25, -0.2) is 4.79 Å². The fourth-order valence-electron chi connectivity index (χ4n) is 5.28. The normalized spacial score (nSPS) is 57.5. The highest BCUT2D eigenvalue weighted by atomic mass is 16.6. The van der Waals surface area contributed by atoms with Crippen LogP contribution in [-0.2, 0) is 14.3 Å². The van der Waals surface area contributed by atoms with Gasteiger partial charge in [0.05, 0.1) is 11.7 Å². The van der Waals surface area contributed by atoms with Crippen LogP contribution in [-0.4, -0.2) is 23.8 Å². The van der Waals surface area contributed by atoms with Crippen LogP contribution in [0, 0.1) is 23.7 Å². The molecular formula is C14H18O3. The summed E-state index contributed by atoms with van der Waals surface area (Å²) in [4.78, 5) is 11.4. The number of fused-ring (bicyclic) bond motifs is 2. The van der Waals surface area contributed by atoms with Crippen molar-refractivity contribution in [1.82, 2.24) is 0 Å². The van der Waals surface area contributed by atoms with E-state index in [0.29, 0.717) is 11.8 Å². The van der Waals surface area contributed by atoms with E-state index >= 15 is 0 Å². The van der Waals surface area contributed by atoms with Crippen molar-refractivity contribution in [3.8, 4) is 0 Å². The lowest BCUT2D eigenvalue weighted by Crippen LogP contribution is -2.39. The van der Waals surface area contributed by atoms with Gasteiger partial charge in [-0.2, -0.15) is 0 Å². The van der Waals surface area contributed by atoms with Gasteiger partial charge in [0, 0.05) is 12.0 Å². The van der Waals surface area contributed by atoms with E-state index in [2.05, 4.69) is 13.5 Å². The van der Waals surface area contributed by atoms with Gasteiger partial charge in [-0.15, -0.1) is 0 Å². The van der Waals surface area contributed by atoms with Gasteiger partial charge in [0.1, 0.15) is 6.10 Å². The Balaban J connectivity index is 1.67. The number of ether oxygens (including phenoxy) is 2. The quantitative estimate of drug-likeness (QED) is 0.541. The van der Waals surface area contributed by atoms with Gasteiger partial charge in [0.15, 0.2) is 0 Å². The van der Waals surface area contributed by atoms with Crippen molar-refractivity contribution in [3.05, 3.63) is 12.7 Å². The highest BCUT2D eigenvalue weighted by molar-refractivity contribution is 5.81. The molecule has 2 bridgehead atoms. The van der Waals surface area contributed by atoms with Crippen molar-refractivity contribution >= 4 is 5.97 Å². The number of carbonyl (C=O) groups excluding carboxylic acids is 1. The Morgan fingerprint density at radius 1 is 1.47 bits per heavy atom. The summed E-state index contributed by atoms with van der Waals surface area (Å²) in [5.74, 6) is 2.35. The first-order chi connectivity index (χ1) is 8.14. The summed E-state index contributed by atoms with van der Waals surface area (Å²) in [5, 5.41) is 0. The number of carbonyl (C=O) groups is 1. The van der Waals surface area contributed by atoms with Gasteiger partial charge in [-0.05, 0) is 43.9 Å². The topological polar surface area (TPSA) is 35.5 Å². The van der Waals surface area contributed by atoms with E-state index in [0.717, 1.165) is 11.8 Å². The minimum absolute atomic E-state index is 0.00567. The summed E-state index contributed by atoms with van der Waals surface area (Å²) in [5.41, 5.74) is 0.0735. The molecule has 4 rings (SSSR count). The highest BCUT2D eigenvalue weighted by Gasteiger charge is 2.72. The van der Waals surface area contributed by atoms with Crippen LogP contribution in [0.2, 0.25) is 0 Å². The zero-order chi connectivity index (χ0) is 11.8. The minimum Gasteiger partial charge on any atom is -0.456 e. The molecule has 3 heteroatoms. The summed E-state index contributed by atoms with van der Waals surface area (Å²) in [6, 6.07) is 0. The van der Waals surface area contributed by atoms with Crippen molar-refractivity contribution in [3.63, 3.8) is 0 Å². The van der Waals surface area contributed by atoms with Crippen molar-refractivity contribution < 1.29 is 14.3 Å². The fraction of sp³-hybridized carbons (Fsp3) is 0.786. The molecule has 1 heterocycles. The van der Waals surface area contributed by atoms with Crippen LogP contribution in [0.15, 0.2) is 12.7 Å². The summed E-state index contributed by atoms with van der Waals surface area (Å²) >= 11 is 0. The Morgan fingerprint density at radius 2 is 2.29 bits per heavy atom. The van der Waals surface area contributed by atoms with Gasteiger partial charge in [0.25, 0.3) is 0 Å². The third-order valence-electron chi connectivity index (χ3n) is 5.69. The lowest BCUT2D eigenvalue weighted by Gasteiger charge is -2.31. The van der Waals surface area contributed by atoms with E-state index in [1.165, 1.54) is 25.3 Å². The monoisotopic (exact) mass is 234 g/mol. The SMILES string of the molecule is C=CC(=O)OC1C2CC3C1OC1(C)CCC2C31. The molecule has 3 saturated carbocycles. The number of hydrogen-bond donors (Lipinski definition) is 0. The van der Waals surface area contributed by atoms with Gasteiger partial charge >= 0.3 is 5.97 Å². The van der Waals surface area contributed by atoms with E-state index in [4.69, 9.17) is 9.47 Å². The Kier molecular flexibility index (Phi) is 1.75. The van der Waals surface area contributed by atoms with Gasteiger partial charge in [0.2, 0.25) is 0 Å². The molecule has 0 N–H and O–H groups in total. The average Bonchev–Trinajstić information content (AvgIpc) is 2.95. The van der Waals surface area contributed by atoms with Crippen molar-refractivity contribution in [2.45, 2.75) is 44.0 Å². The van der Waals surface area contributed by atoms with Gasteiger partial charge < -0.3 is 9.47 Å². The number of esters is 1. The first kappa shape index (κ1) is 10.1. The Bertz CT molecular complexity index is 396. The third kappa shape index (κ3) is 1.05. The lowest BCUT2D eigenvalue weighted by atomic mass is 9.77. The zero-order valence-electron chi connectivity index (χ0n) is 10.1. The Labute approximate surface area is 101 Å². The molecule has 4 fully saturated rings. The Hall–Kier alpha value is -0.830. The van der Waals surface area contributed by atoms with Gasteiger partial charge in [-0.1, -0.05) is 6.58 Å². The third-order valence-corrected chi connectivity index (χ3v) is 5.69. The van der Waals surface area contributed by atoms with E-state index in [9.17, 15) is 4.79 Å². The van der Waals surface area contributed by atoms with Crippen molar-refractivity contribution in [2.24, 2.45) is 23.7 Å². The molecular weight excluding hydrogens is 216 g/mol. The second-order valence-corrected chi connectivity index (χ2v) is 6.29. The first-order valence-electron chi connectivity index (χ1n) is 6.65. The predicted molar refractivity (Wildman–Crippen MR) is 61.2 cm³/mol. The number of hydrogen-bond acceptors (Lipinski definition) is 3. The fourth-order valence-corrected chi connectivity index (χ4v) is 5.28. The minimum atomic E-state index is -0.296. The molecule has 1 saturated heterocycles.